The van der Waals surface area contributed by atoms with E-state index in [-0.39, 0.29) is 5.69 Å². The van der Waals surface area contributed by atoms with Crippen LogP contribution in [0.2, 0.25) is 0 Å². The number of ether oxygens (including phenoxy) is 1. The smallest absolute Gasteiger partial charge is 0.416 e. The Labute approximate surface area is 159 Å². The van der Waals surface area contributed by atoms with E-state index in [9.17, 15) is 22.8 Å². The minimum Gasteiger partial charge on any atom is -0.497 e. The third-order valence-corrected chi connectivity index (χ3v) is 3.66. The lowest BCUT2D eigenvalue weighted by Crippen LogP contribution is -2.24. The highest BCUT2D eigenvalue weighted by Gasteiger charge is 2.30. The number of anilines is 1. The fourth-order valence-corrected chi connectivity index (χ4v) is 2.26. The number of benzene rings is 2. The van der Waals surface area contributed by atoms with Gasteiger partial charge in [0.2, 0.25) is 11.8 Å². The number of hydrogen-bond donors (Lipinski definition) is 2. The lowest BCUT2D eigenvalue weighted by Gasteiger charge is -2.09. The summed E-state index contributed by atoms with van der Waals surface area (Å²) in [6, 6.07) is 9.43. The van der Waals surface area contributed by atoms with Crippen molar-refractivity contribution in [2.24, 2.45) is 5.10 Å². The first-order valence-electron chi connectivity index (χ1n) is 8.12. The molecule has 6 nitrogen and oxygen atoms in total. The van der Waals surface area contributed by atoms with Crippen molar-refractivity contribution in [3.8, 4) is 5.75 Å². The SMILES string of the molecule is COc1ccc(C=NNC(=O)CC(=O)Nc2cccc(C(F)(F)F)c2)c(C)c1. The van der Waals surface area contributed by atoms with Gasteiger partial charge in [0.05, 0.1) is 18.9 Å². The van der Waals surface area contributed by atoms with E-state index in [0.29, 0.717) is 5.75 Å². The Morgan fingerprint density at radius 2 is 1.89 bits per heavy atom. The molecule has 2 rings (SSSR count). The minimum atomic E-state index is -4.52. The average Bonchev–Trinajstić information content (AvgIpc) is 2.62. The third kappa shape index (κ3) is 6.11. The molecule has 0 aromatic heterocycles. The van der Waals surface area contributed by atoms with E-state index in [0.717, 1.165) is 23.3 Å². The summed E-state index contributed by atoms with van der Waals surface area (Å²) in [5, 5.41) is 6.02. The van der Waals surface area contributed by atoms with Crippen molar-refractivity contribution in [2.45, 2.75) is 19.5 Å². The van der Waals surface area contributed by atoms with Crippen LogP contribution in [0.4, 0.5) is 18.9 Å². The highest BCUT2D eigenvalue weighted by atomic mass is 19.4. The molecular formula is C19H18F3N3O3. The second-order valence-electron chi connectivity index (χ2n) is 5.82. The highest BCUT2D eigenvalue weighted by molar-refractivity contribution is 6.03. The normalized spacial score (nSPS) is 11.3. The number of halogens is 3. The first-order valence-corrected chi connectivity index (χ1v) is 8.12. The fraction of sp³-hybridized carbons (Fsp3) is 0.211. The van der Waals surface area contributed by atoms with E-state index in [2.05, 4.69) is 15.8 Å². The van der Waals surface area contributed by atoms with Gasteiger partial charge in [-0.25, -0.2) is 5.43 Å². The van der Waals surface area contributed by atoms with Crippen LogP contribution in [0.15, 0.2) is 47.6 Å². The molecule has 0 spiro atoms. The highest BCUT2D eigenvalue weighted by Crippen LogP contribution is 2.30. The molecule has 0 bridgehead atoms. The summed E-state index contributed by atoms with van der Waals surface area (Å²) < 4.78 is 43.1. The molecule has 2 aromatic rings. The summed E-state index contributed by atoms with van der Waals surface area (Å²) in [6.45, 7) is 1.84. The molecule has 28 heavy (non-hydrogen) atoms. The van der Waals surface area contributed by atoms with Crippen molar-refractivity contribution in [1.82, 2.24) is 5.43 Å². The number of carbonyl (C=O) groups is 2. The predicted molar refractivity (Wildman–Crippen MR) is 98.2 cm³/mol. The Hall–Kier alpha value is -3.36. The topological polar surface area (TPSA) is 79.8 Å². The quantitative estimate of drug-likeness (QED) is 0.448. The van der Waals surface area contributed by atoms with E-state index in [4.69, 9.17) is 4.74 Å². The Bertz CT molecular complexity index is 895. The number of nitrogens with zero attached hydrogens (tertiary/aromatic N) is 1. The Balaban J connectivity index is 1.88. The molecule has 0 radical (unpaired) electrons. The van der Waals surface area contributed by atoms with Crippen LogP contribution in [0.5, 0.6) is 5.75 Å². The van der Waals surface area contributed by atoms with Gasteiger partial charge in [0.15, 0.2) is 0 Å². The van der Waals surface area contributed by atoms with Gasteiger partial charge in [0.1, 0.15) is 12.2 Å². The third-order valence-electron chi connectivity index (χ3n) is 3.66. The van der Waals surface area contributed by atoms with E-state index in [1.54, 1.807) is 25.3 Å². The molecule has 0 fully saturated rings. The predicted octanol–water partition coefficient (Wildman–Crippen LogP) is 3.50. The number of alkyl halides is 3. The van der Waals surface area contributed by atoms with Crippen molar-refractivity contribution in [1.29, 1.82) is 0 Å². The van der Waals surface area contributed by atoms with E-state index < -0.39 is 30.0 Å². The van der Waals surface area contributed by atoms with Crippen LogP contribution in [-0.4, -0.2) is 25.1 Å². The molecule has 2 N–H and O–H groups in total. The van der Waals surface area contributed by atoms with Crippen LogP contribution in [0.1, 0.15) is 23.1 Å². The van der Waals surface area contributed by atoms with Crippen molar-refractivity contribution >= 4 is 23.7 Å². The van der Waals surface area contributed by atoms with Crippen molar-refractivity contribution in [3.05, 3.63) is 59.2 Å². The molecule has 0 aliphatic carbocycles. The van der Waals surface area contributed by atoms with Crippen molar-refractivity contribution in [2.75, 3.05) is 12.4 Å². The Morgan fingerprint density at radius 1 is 1.14 bits per heavy atom. The zero-order valence-electron chi connectivity index (χ0n) is 15.1. The van der Waals surface area contributed by atoms with Gasteiger partial charge >= 0.3 is 6.18 Å². The molecular weight excluding hydrogens is 375 g/mol. The lowest BCUT2D eigenvalue weighted by atomic mass is 10.1. The summed E-state index contributed by atoms with van der Waals surface area (Å²) in [6.07, 6.45) is -3.70. The van der Waals surface area contributed by atoms with Crippen molar-refractivity contribution in [3.63, 3.8) is 0 Å². The monoisotopic (exact) mass is 393 g/mol. The molecule has 9 heteroatoms. The first kappa shape index (κ1) is 20.9. The van der Waals surface area contributed by atoms with E-state index in [1.807, 2.05) is 6.92 Å². The van der Waals surface area contributed by atoms with Crippen LogP contribution < -0.4 is 15.5 Å². The number of hydrogen-bond acceptors (Lipinski definition) is 4. The van der Waals surface area contributed by atoms with Gasteiger partial charge < -0.3 is 10.1 Å². The number of methoxy groups -OCH3 is 1. The summed E-state index contributed by atoms with van der Waals surface area (Å²) in [7, 11) is 1.55. The summed E-state index contributed by atoms with van der Waals surface area (Å²) in [4.78, 5) is 23.6. The molecule has 2 amide bonds. The second-order valence-corrected chi connectivity index (χ2v) is 5.82. The minimum absolute atomic E-state index is 0.0509. The number of hydrazone groups is 1. The second kappa shape index (κ2) is 9.03. The Morgan fingerprint density at radius 3 is 2.54 bits per heavy atom. The first-order chi connectivity index (χ1) is 13.2. The molecule has 0 saturated heterocycles. The molecule has 0 heterocycles. The number of amides is 2. The zero-order valence-corrected chi connectivity index (χ0v) is 15.1. The fourth-order valence-electron chi connectivity index (χ4n) is 2.26. The molecule has 0 aliphatic rings. The number of carbonyl (C=O) groups excluding carboxylic acids is 2. The molecule has 0 saturated carbocycles. The van der Waals surface area contributed by atoms with Gasteiger partial charge in [-0.3, -0.25) is 9.59 Å². The van der Waals surface area contributed by atoms with E-state index in [1.165, 1.54) is 18.3 Å². The van der Waals surface area contributed by atoms with Gasteiger partial charge in [-0.05, 0) is 54.4 Å². The van der Waals surface area contributed by atoms with Crippen LogP contribution >= 0.6 is 0 Å². The van der Waals surface area contributed by atoms with Crippen LogP contribution in [0.3, 0.4) is 0 Å². The maximum absolute atomic E-state index is 12.7. The number of nitrogens with one attached hydrogen (secondary N) is 2. The van der Waals surface area contributed by atoms with Gasteiger partial charge in [-0.15, -0.1) is 0 Å². The van der Waals surface area contributed by atoms with Gasteiger partial charge in [0.25, 0.3) is 0 Å². The summed E-state index contributed by atoms with van der Waals surface area (Å²) >= 11 is 0. The molecule has 0 atom stereocenters. The van der Waals surface area contributed by atoms with Crippen LogP contribution in [-0.2, 0) is 15.8 Å². The van der Waals surface area contributed by atoms with Gasteiger partial charge in [-0.2, -0.15) is 18.3 Å². The van der Waals surface area contributed by atoms with Gasteiger partial charge in [-0.1, -0.05) is 6.07 Å². The molecule has 148 valence electrons. The average molecular weight is 393 g/mol. The molecule has 2 aromatic carbocycles. The Kier molecular flexibility index (Phi) is 6.75. The summed E-state index contributed by atoms with van der Waals surface area (Å²) in [5.74, 6) is -0.774. The van der Waals surface area contributed by atoms with E-state index >= 15 is 0 Å². The number of rotatable bonds is 6. The summed E-state index contributed by atoms with van der Waals surface area (Å²) in [5.41, 5.74) is 2.87. The molecule has 0 unspecified atom stereocenters. The van der Waals surface area contributed by atoms with Gasteiger partial charge in [0, 0.05) is 5.69 Å². The molecule has 0 aliphatic heterocycles. The largest absolute Gasteiger partial charge is 0.497 e. The van der Waals surface area contributed by atoms with Crippen molar-refractivity contribution < 1.29 is 27.5 Å². The lowest BCUT2D eigenvalue weighted by molar-refractivity contribution is -0.137. The van der Waals surface area contributed by atoms with Crippen LogP contribution in [0.25, 0.3) is 0 Å². The maximum Gasteiger partial charge on any atom is 0.416 e. The zero-order chi connectivity index (χ0) is 20.7. The number of aryl methyl sites for hydroxylation is 1. The maximum atomic E-state index is 12.7. The van der Waals surface area contributed by atoms with Crippen LogP contribution in [0, 0.1) is 6.92 Å². The standard InChI is InChI=1S/C19H18F3N3O3/c1-12-8-16(28-2)7-6-13(12)11-23-25-18(27)10-17(26)24-15-5-3-4-14(9-15)19(20,21)22/h3-9,11H,10H2,1-2H3,(H,24,26)(H,25,27).